The summed E-state index contributed by atoms with van der Waals surface area (Å²) in [6.45, 7) is 40.0. The van der Waals surface area contributed by atoms with Gasteiger partial charge in [0.05, 0.1) is 0 Å². The van der Waals surface area contributed by atoms with Gasteiger partial charge in [-0.1, -0.05) is 144 Å². The molecule has 21 heteroatoms. The van der Waals surface area contributed by atoms with E-state index in [4.69, 9.17) is 0 Å². The second-order valence-electron chi connectivity index (χ2n) is 30.1. The van der Waals surface area contributed by atoms with Crippen molar-refractivity contribution in [1.29, 1.82) is 0 Å². The number of hydrogen-bond donors (Lipinski definition) is 3. The topological polar surface area (TPSA) is 209 Å². The average Bonchev–Trinajstić information content (AvgIpc) is 1.62. The largest absolute Gasteiger partial charge is 0.343 e. The van der Waals surface area contributed by atoms with E-state index in [2.05, 4.69) is 78.3 Å². The van der Waals surface area contributed by atoms with Crippen molar-refractivity contribution < 1.29 is 43.2 Å². The van der Waals surface area contributed by atoms with E-state index >= 15 is 0 Å². The third kappa shape index (κ3) is 43.6. The molecule has 18 nitrogen and oxygen atoms in total. The number of ketones is 3. The van der Waals surface area contributed by atoms with Crippen LogP contribution in [0.5, 0.6) is 0 Å². The van der Waals surface area contributed by atoms with E-state index < -0.39 is 34.4 Å². The molecule has 0 aromatic heterocycles. The van der Waals surface area contributed by atoms with Crippen LogP contribution < -0.4 is 16.0 Å². The summed E-state index contributed by atoms with van der Waals surface area (Å²) in [5, 5.41) is 9.06. The summed E-state index contributed by atoms with van der Waals surface area (Å²) in [4.78, 5) is 125. The molecule has 0 rings (SSSR count). The molecule has 6 amide bonds. The summed E-state index contributed by atoms with van der Waals surface area (Å²) in [5.41, 5.74) is -1.64. The van der Waals surface area contributed by atoms with Crippen LogP contribution in [-0.4, -0.2) is 235 Å². The smallest absolute Gasteiger partial charge is 0.245 e. The maximum atomic E-state index is 13.0. The van der Waals surface area contributed by atoms with Crippen LogP contribution >= 0.6 is 35.3 Å². The zero-order valence-electron chi connectivity index (χ0n) is 62.3. The summed E-state index contributed by atoms with van der Waals surface area (Å²) in [7, 11) is 15.6. The number of unbranched alkanes of at least 4 members (excludes halogenated alkanes) is 6. The normalized spacial score (nSPS) is 13.1. The fourth-order valence-electron chi connectivity index (χ4n) is 8.40. The summed E-state index contributed by atoms with van der Waals surface area (Å²) in [5.74, 6) is 2.45. The maximum absolute atomic E-state index is 13.0. The number of carbonyl (C=O) groups excluding carboxylic acids is 9. The van der Waals surface area contributed by atoms with Gasteiger partial charge >= 0.3 is 0 Å². The quantitative estimate of drug-likeness (QED) is 0.0489. The van der Waals surface area contributed by atoms with E-state index in [-0.39, 0.29) is 81.5 Å². The molecule has 0 bridgehead atoms. The van der Waals surface area contributed by atoms with Gasteiger partial charge in [0.1, 0.15) is 35.5 Å². The highest BCUT2D eigenvalue weighted by molar-refractivity contribution is 8.01. The Bertz CT molecular complexity index is 2120. The molecule has 0 spiro atoms. The van der Waals surface area contributed by atoms with Gasteiger partial charge < -0.3 is 45.3 Å². The lowest BCUT2D eigenvalue weighted by atomic mass is 9.86. The molecule has 0 saturated heterocycles. The number of rotatable bonds is 39. The van der Waals surface area contributed by atoms with Crippen molar-refractivity contribution in [3.05, 3.63) is 0 Å². The standard InChI is InChI=1S/C24H47N3O3S.C23H45N3O3S.C22H43N3O3S/c1-23(2,3)20(28)18-19(22(30)26(8)16-15-25-7)27(9)21(29)14-12-10-11-13-17-31-24(4,5)6;1-22(2,3)19(27)17-18(21(29)25(8)15-14-24-7)26(9)20(28)13-11-10-12-16-30-23(4,5)6;1-21(2,3)18(26)16-17(20(28)24(8)14-13-23-7)25(9)19(27)12-10-11-15-29-22(4,5)6/h19,25H,10-18H2,1-9H3;18,24H,10-17H2,1-9H3;17,23H,10-16H2,1-9H3. The van der Waals surface area contributed by atoms with Gasteiger partial charge in [-0.05, 0) is 76.9 Å². The molecule has 0 aliphatic carbocycles. The molecule has 0 aromatic carbocycles. The van der Waals surface area contributed by atoms with Crippen LogP contribution in [0.4, 0.5) is 0 Å². The van der Waals surface area contributed by atoms with Crippen LogP contribution in [0.2, 0.25) is 0 Å². The van der Waals surface area contributed by atoms with E-state index in [0.717, 1.165) is 75.0 Å². The Hall–Kier alpha value is -3.24. The SMILES string of the molecule is CNCCN(C)C(=O)C(CC(=O)C(C)(C)C)N(C)C(=O)CCCCCCSC(C)(C)C.CNCCN(C)C(=O)C(CC(=O)C(C)(C)C)N(C)C(=O)CCCCCSC(C)(C)C.CNCCN(C)C(=O)C(CC(=O)C(C)(C)C)N(C)C(=O)CCCCSC(C)(C)C. The Morgan fingerprint density at radius 3 is 0.733 bits per heavy atom. The molecular formula is C69H135N9O9S3. The molecule has 3 N–H and O–H groups in total. The van der Waals surface area contributed by atoms with Crippen molar-refractivity contribution in [3.8, 4) is 0 Å². The van der Waals surface area contributed by atoms with Crippen molar-refractivity contribution in [3.63, 3.8) is 0 Å². The molecule has 528 valence electrons. The zero-order valence-corrected chi connectivity index (χ0v) is 64.7. The fourth-order valence-corrected chi connectivity index (χ4v) is 11.3. The fraction of sp³-hybridized carbons (Fsp3) is 0.870. The van der Waals surface area contributed by atoms with Crippen molar-refractivity contribution in [1.82, 2.24) is 45.3 Å². The lowest BCUT2D eigenvalue weighted by Crippen LogP contribution is -2.51. The zero-order chi connectivity index (χ0) is 70.6. The lowest BCUT2D eigenvalue weighted by molar-refractivity contribution is -0.146. The Morgan fingerprint density at radius 1 is 0.322 bits per heavy atom. The van der Waals surface area contributed by atoms with Crippen LogP contribution in [0.1, 0.15) is 221 Å². The second kappa shape index (κ2) is 45.2. The molecule has 90 heavy (non-hydrogen) atoms. The summed E-state index contributed by atoms with van der Waals surface area (Å²) in [6.07, 6.45) is 10.1. The van der Waals surface area contributed by atoms with Gasteiger partial charge in [0.25, 0.3) is 0 Å². The van der Waals surface area contributed by atoms with Gasteiger partial charge in [-0.25, -0.2) is 0 Å². The molecule has 0 heterocycles. The average molecular weight is 1330 g/mol. The van der Waals surface area contributed by atoms with Crippen molar-refractivity contribution >= 4 is 88.1 Å². The molecule has 0 aromatic rings. The van der Waals surface area contributed by atoms with Gasteiger partial charge in [0.2, 0.25) is 35.4 Å². The minimum Gasteiger partial charge on any atom is -0.343 e. The first kappa shape index (κ1) is 91.0. The minimum absolute atomic E-state index is 0.0103. The van der Waals surface area contributed by atoms with Gasteiger partial charge in [0.15, 0.2) is 0 Å². The predicted octanol–water partition coefficient (Wildman–Crippen LogP) is 10.8. The van der Waals surface area contributed by atoms with Gasteiger partial charge in [-0.2, -0.15) is 35.3 Å². The van der Waals surface area contributed by atoms with Gasteiger partial charge in [0, 0.05) is 151 Å². The third-order valence-corrected chi connectivity index (χ3v) is 19.1. The molecule has 0 saturated carbocycles. The molecular weight excluding hydrogens is 1200 g/mol. The molecule has 0 radical (unpaired) electrons. The van der Waals surface area contributed by atoms with E-state index in [1.54, 1.807) is 57.0 Å². The number of hydrogen-bond acceptors (Lipinski definition) is 15. The molecule has 3 atom stereocenters. The first-order chi connectivity index (χ1) is 41.1. The highest BCUT2D eigenvalue weighted by atomic mass is 32.2. The van der Waals surface area contributed by atoms with Gasteiger partial charge in [-0.3, -0.25) is 43.2 Å². The molecule has 0 fully saturated rings. The van der Waals surface area contributed by atoms with Crippen LogP contribution in [0.15, 0.2) is 0 Å². The van der Waals surface area contributed by atoms with Crippen molar-refractivity contribution in [2.75, 3.05) is 120 Å². The van der Waals surface area contributed by atoms with Crippen molar-refractivity contribution in [2.45, 2.75) is 253 Å². The number of likely N-dealkylation sites (N-methyl/N-ethyl adjacent to an activating group) is 9. The Kier molecular flexibility index (Phi) is 45.7. The highest BCUT2D eigenvalue weighted by Crippen LogP contribution is 2.28. The first-order valence-corrected chi connectivity index (χ1v) is 36.0. The third-order valence-electron chi connectivity index (χ3n) is 15.0. The van der Waals surface area contributed by atoms with E-state index in [0.29, 0.717) is 63.3 Å². The number of Topliss-reactive ketones (excluding diaryl/α,β-unsaturated/α-hetero) is 3. The van der Waals surface area contributed by atoms with Crippen LogP contribution in [0.25, 0.3) is 0 Å². The predicted molar refractivity (Wildman–Crippen MR) is 384 cm³/mol. The van der Waals surface area contributed by atoms with Gasteiger partial charge in [-0.15, -0.1) is 0 Å². The molecule has 3 unspecified atom stereocenters. The van der Waals surface area contributed by atoms with Crippen LogP contribution in [0, 0.1) is 16.2 Å². The second-order valence-corrected chi connectivity index (χ2v) is 35.9. The Morgan fingerprint density at radius 2 is 0.522 bits per heavy atom. The monoisotopic (exact) mass is 1330 g/mol. The lowest BCUT2D eigenvalue weighted by Gasteiger charge is -2.32. The van der Waals surface area contributed by atoms with E-state index in [1.165, 1.54) is 14.7 Å². The number of nitrogens with one attached hydrogen (secondary N) is 3. The number of nitrogens with zero attached hydrogens (tertiary/aromatic N) is 6. The summed E-state index contributed by atoms with van der Waals surface area (Å²) < 4.78 is 0.789. The molecule has 0 aliphatic heterocycles. The highest BCUT2D eigenvalue weighted by Gasteiger charge is 2.37. The Labute approximate surface area is 563 Å². The maximum Gasteiger partial charge on any atom is 0.245 e. The minimum atomic E-state index is -0.750. The summed E-state index contributed by atoms with van der Waals surface area (Å²) in [6, 6.07) is -2.24. The van der Waals surface area contributed by atoms with Crippen LogP contribution in [-0.2, 0) is 43.2 Å². The number of carbonyl (C=O) groups is 9. The number of amides is 6. The van der Waals surface area contributed by atoms with Crippen LogP contribution in [0.3, 0.4) is 0 Å². The van der Waals surface area contributed by atoms with E-state index in [9.17, 15) is 43.2 Å². The summed E-state index contributed by atoms with van der Waals surface area (Å²) >= 11 is 5.80. The van der Waals surface area contributed by atoms with E-state index in [1.807, 2.05) is 119 Å². The Balaban J connectivity index is -0.00000126. The van der Waals surface area contributed by atoms with Crippen molar-refractivity contribution in [2.24, 2.45) is 16.2 Å². The first-order valence-electron chi connectivity index (χ1n) is 33.1. The number of thioether (sulfide) groups is 3. The molecule has 0 aliphatic rings.